The van der Waals surface area contributed by atoms with Crippen LogP contribution in [0.3, 0.4) is 0 Å². The largest absolute Gasteiger partial charge is 0.489 e. The molecule has 0 saturated heterocycles. The minimum atomic E-state index is 0.0390. The van der Waals surface area contributed by atoms with E-state index in [9.17, 15) is 4.79 Å². The van der Waals surface area contributed by atoms with Crippen LogP contribution in [0.15, 0.2) is 84.9 Å². The number of hydrogen-bond donors (Lipinski definition) is 0. The van der Waals surface area contributed by atoms with Crippen LogP contribution in [0.5, 0.6) is 5.75 Å². The van der Waals surface area contributed by atoms with E-state index in [0.717, 1.165) is 30.0 Å². The first-order chi connectivity index (χ1) is 16.2. The van der Waals surface area contributed by atoms with E-state index in [2.05, 4.69) is 74.5 Å². The molecule has 33 heavy (non-hydrogen) atoms. The summed E-state index contributed by atoms with van der Waals surface area (Å²) >= 11 is 0. The molecule has 166 valence electrons. The molecule has 4 aromatic carbocycles. The van der Waals surface area contributed by atoms with Crippen molar-refractivity contribution in [1.29, 1.82) is 0 Å². The first-order valence-corrected chi connectivity index (χ1v) is 11.7. The fourth-order valence-corrected chi connectivity index (χ4v) is 4.89. The molecule has 1 amide bonds. The van der Waals surface area contributed by atoms with Crippen molar-refractivity contribution in [3.8, 4) is 5.75 Å². The number of aryl methyl sites for hydroxylation is 1. The van der Waals surface area contributed by atoms with Crippen LogP contribution in [0.1, 0.15) is 47.9 Å². The lowest BCUT2D eigenvalue weighted by Gasteiger charge is -2.35. The Morgan fingerprint density at radius 3 is 2.45 bits per heavy atom. The highest BCUT2D eigenvalue weighted by atomic mass is 16.5. The first-order valence-electron chi connectivity index (χ1n) is 11.7. The van der Waals surface area contributed by atoms with Crippen molar-refractivity contribution in [2.45, 2.75) is 39.2 Å². The zero-order valence-corrected chi connectivity index (χ0v) is 19.3. The van der Waals surface area contributed by atoms with Gasteiger partial charge < -0.3 is 9.64 Å². The number of rotatable bonds is 6. The molecule has 0 bridgehead atoms. The summed E-state index contributed by atoms with van der Waals surface area (Å²) in [6.07, 6.45) is 1.43. The van der Waals surface area contributed by atoms with Crippen molar-refractivity contribution < 1.29 is 9.53 Å². The maximum absolute atomic E-state index is 13.1. The van der Waals surface area contributed by atoms with E-state index in [1.165, 1.54) is 27.5 Å². The summed E-state index contributed by atoms with van der Waals surface area (Å²) < 4.78 is 6.05. The van der Waals surface area contributed by atoms with Crippen molar-refractivity contribution >= 4 is 22.4 Å². The molecule has 0 N–H and O–H groups in total. The van der Waals surface area contributed by atoms with Gasteiger partial charge in [-0.2, -0.15) is 0 Å². The number of hydrogen-bond acceptors (Lipinski definition) is 2. The highest BCUT2D eigenvalue weighted by Gasteiger charge is 2.33. The second-order valence-corrected chi connectivity index (χ2v) is 8.81. The average Bonchev–Trinajstić information content (AvgIpc) is 2.85. The molecule has 5 rings (SSSR count). The van der Waals surface area contributed by atoms with Crippen LogP contribution in [-0.2, 0) is 11.4 Å². The average molecular weight is 436 g/mol. The summed E-state index contributed by atoms with van der Waals surface area (Å²) in [5.74, 6) is 1.08. The van der Waals surface area contributed by atoms with Gasteiger partial charge in [-0.1, -0.05) is 73.7 Å². The second-order valence-electron chi connectivity index (χ2n) is 8.81. The van der Waals surface area contributed by atoms with E-state index >= 15 is 0 Å². The van der Waals surface area contributed by atoms with Crippen molar-refractivity contribution in [3.05, 3.63) is 107 Å². The van der Waals surface area contributed by atoms with Gasteiger partial charge in [0.2, 0.25) is 5.91 Å². The van der Waals surface area contributed by atoms with Gasteiger partial charge in [0.25, 0.3) is 0 Å². The topological polar surface area (TPSA) is 29.5 Å². The van der Waals surface area contributed by atoms with Crippen LogP contribution in [0.25, 0.3) is 10.8 Å². The predicted molar refractivity (Wildman–Crippen MR) is 135 cm³/mol. The Labute approximate surface area is 195 Å². The molecule has 0 saturated carbocycles. The summed E-state index contributed by atoms with van der Waals surface area (Å²) in [5.41, 5.74) is 5.89. The van der Waals surface area contributed by atoms with Crippen LogP contribution in [0, 0.1) is 6.92 Å². The molecule has 0 fully saturated rings. The summed E-state index contributed by atoms with van der Waals surface area (Å²) in [6, 6.07) is 29.3. The number of carbonyl (C=O) groups is 1. The smallest absolute Gasteiger partial charge is 0.227 e. The van der Waals surface area contributed by atoms with Gasteiger partial charge in [0.05, 0.1) is 0 Å². The maximum Gasteiger partial charge on any atom is 0.227 e. The molecule has 1 atom stereocenters. The van der Waals surface area contributed by atoms with E-state index in [1.807, 2.05) is 29.2 Å². The van der Waals surface area contributed by atoms with Gasteiger partial charge in [-0.05, 0) is 64.6 Å². The molecule has 1 aliphatic heterocycles. The van der Waals surface area contributed by atoms with Gasteiger partial charge in [-0.25, -0.2) is 0 Å². The number of nitrogens with zero attached hydrogens (tertiary/aromatic N) is 1. The van der Waals surface area contributed by atoms with Gasteiger partial charge in [-0.3, -0.25) is 4.79 Å². The lowest BCUT2D eigenvalue weighted by Crippen LogP contribution is -2.37. The van der Waals surface area contributed by atoms with Gasteiger partial charge in [0.1, 0.15) is 12.4 Å². The van der Waals surface area contributed by atoms with E-state index in [1.54, 1.807) is 0 Å². The molecular weight excluding hydrogens is 406 g/mol. The highest BCUT2D eigenvalue weighted by Crippen LogP contribution is 2.44. The van der Waals surface area contributed by atoms with E-state index in [4.69, 9.17) is 4.74 Å². The minimum absolute atomic E-state index is 0.0390. The van der Waals surface area contributed by atoms with E-state index in [-0.39, 0.29) is 11.8 Å². The number of anilines is 1. The van der Waals surface area contributed by atoms with Crippen LogP contribution in [0.4, 0.5) is 5.69 Å². The summed E-state index contributed by atoms with van der Waals surface area (Å²) in [6.45, 7) is 5.52. The third kappa shape index (κ3) is 4.11. The number of carbonyl (C=O) groups excluding carboxylic acids is 1. The predicted octanol–water partition coefficient (Wildman–Crippen LogP) is 7.01. The maximum atomic E-state index is 13.1. The fourth-order valence-electron chi connectivity index (χ4n) is 4.89. The minimum Gasteiger partial charge on any atom is -0.489 e. The lowest BCUT2D eigenvalue weighted by molar-refractivity contribution is -0.119. The van der Waals surface area contributed by atoms with Crippen molar-refractivity contribution in [2.24, 2.45) is 0 Å². The Morgan fingerprint density at radius 1 is 0.909 bits per heavy atom. The zero-order valence-electron chi connectivity index (χ0n) is 19.3. The number of amides is 1. The number of fused-ring (bicyclic) bond motifs is 3. The van der Waals surface area contributed by atoms with Crippen molar-refractivity contribution in [3.63, 3.8) is 0 Å². The highest BCUT2D eigenvalue weighted by molar-refractivity contribution is 6.03. The van der Waals surface area contributed by atoms with Gasteiger partial charge in [0, 0.05) is 24.6 Å². The molecule has 4 aromatic rings. The van der Waals surface area contributed by atoms with Crippen LogP contribution >= 0.6 is 0 Å². The third-order valence-corrected chi connectivity index (χ3v) is 6.65. The van der Waals surface area contributed by atoms with Crippen LogP contribution in [-0.4, -0.2) is 12.5 Å². The number of ether oxygens (including phenoxy) is 1. The summed E-state index contributed by atoms with van der Waals surface area (Å²) in [7, 11) is 0. The quantitative estimate of drug-likeness (QED) is 0.326. The molecular formula is C30H29NO2. The molecule has 3 nitrogen and oxygen atoms in total. The Balaban J connectivity index is 1.48. The van der Waals surface area contributed by atoms with Crippen LogP contribution < -0.4 is 9.64 Å². The van der Waals surface area contributed by atoms with Gasteiger partial charge >= 0.3 is 0 Å². The van der Waals surface area contributed by atoms with E-state index in [0.29, 0.717) is 13.0 Å². The second kappa shape index (κ2) is 9.11. The standard InChI is InChI=1S/C30H29NO2/c1-3-18-31-28-17-14-22-9-6-7-11-26(22)30(28)27(19-29(31)32)23-12-15-25(16-13-23)33-20-24-10-5-4-8-21(24)2/h4-17,27H,3,18-20H2,1-2H3. The molecule has 0 radical (unpaired) electrons. The third-order valence-electron chi connectivity index (χ3n) is 6.65. The molecule has 3 heteroatoms. The zero-order chi connectivity index (χ0) is 22.8. The monoisotopic (exact) mass is 435 g/mol. The number of benzene rings is 4. The van der Waals surface area contributed by atoms with Crippen LogP contribution in [0.2, 0.25) is 0 Å². The normalized spacial score (nSPS) is 15.5. The van der Waals surface area contributed by atoms with Gasteiger partial charge in [0.15, 0.2) is 0 Å². The van der Waals surface area contributed by atoms with Crippen molar-refractivity contribution in [1.82, 2.24) is 0 Å². The summed E-state index contributed by atoms with van der Waals surface area (Å²) in [5, 5.41) is 2.44. The van der Waals surface area contributed by atoms with Crippen molar-refractivity contribution in [2.75, 3.05) is 11.4 Å². The Morgan fingerprint density at radius 2 is 1.67 bits per heavy atom. The molecule has 0 spiro atoms. The Bertz CT molecular complexity index is 1290. The summed E-state index contributed by atoms with van der Waals surface area (Å²) in [4.78, 5) is 15.1. The molecule has 1 aliphatic rings. The molecule has 1 unspecified atom stereocenters. The van der Waals surface area contributed by atoms with Gasteiger partial charge in [-0.15, -0.1) is 0 Å². The first kappa shape index (κ1) is 21.3. The molecule has 1 heterocycles. The Hall–Kier alpha value is -3.59. The lowest BCUT2D eigenvalue weighted by atomic mass is 9.81. The molecule has 0 aromatic heterocycles. The Kier molecular flexibility index (Phi) is 5.87. The SMILES string of the molecule is CCCN1C(=O)CC(c2ccc(OCc3ccccc3C)cc2)c2c1ccc1ccccc21. The fraction of sp³-hybridized carbons (Fsp3) is 0.233. The van der Waals surface area contributed by atoms with E-state index < -0.39 is 0 Å². The molecule has 0 aliphatic carbocycles.